The van der Waals surface area contributed by atoms with Crippen LogP contribution in [0.25, 0.3) is 11.0 Å². The molecule has 0 unspecified atom stereocenters. The lowest BCUT2D eigenvalue weighted by atomic mass is 9.93. The molecule has 2 aromatic heterocycles. The first-order valence-electron chi connectivity index (χ1n) is 10.3. The van der Waals surface area contributed by atoms with Crippen molar-refractivity contribution in [2.75, 3.05) is 24.2 Å². The Morgan fingerprint density at radius 3 is 2.58 bits per heavy atom. The van der Waals surface area contributed by atoms with Crippen molar-refractivity contribution in [3.8, 4) is 5.75 Å². The summed E-state index contributed by atoms with van der Waals surface area (Å²) < 4.78 is 6.22. The van der Waals surface area contributed by atoms with Gasteiger partial charge in [0.15, 0.2) is 0 Å². The molecule has 2 heterocycles. The zero-order valence-corrected chi connectivity index (χ0v) is 17.0. The Hall–Kier alpha value is -3.53. The van der Waals surface area contributed by atoms with Gasteiger partial charge in [-0.25, -0.2) is 15.0 Å². The van der Waals surface area contributed by atoms with E-state index in [0.717, 1.165) is 31.2 Å². The number of aliphatic hydroxyl groups excluding tert-OH is 1. The molecule has 0 aliphatic heterocycles. The van der Waals surface area contributed by atoms with Crippen LogP contribution in [0.5, 0.6) is 5.75 Å². The maximum Gasteiger partial charge on any atom is 0.254 e. The molecule has 0 radical (unpaired) electrons. The second-order valence-electron chi connectivity index (χ2n) is 7.45. The number of fused-ring (bicyclic) bond motifs is 1. The Morgan fingerprint density at radius 2 is 1.84 bits per heavy atom. The van der Waals surface area contributed by atoms with Crippen LogP contribution in [0.4, 0.5) is 11.6 Å². The molecular formula is C21H25N7O3. The number of amides is 1. The fraction of sp³-hybridized carbons (Fsp3) is 0.381. The standard InChI is InChI=1S/C21H25N7O3/c22-14-9-17-19(24-6-5-23-17)18(10-14)31-16-3-1-15(2-4-16)28-21-26-11-13(12-27-21)20(30)25-7-8-29/h5-6,9-12,15-16,29H,1-4,7-8,22H2,(H,25,30)(H,26,27,28). The Morgan fingerprint density at radius 1 is 1.10 bits per heavy atom. The van der Waals surface area contributed by atoms with Gasteiger partial charge in [0.2, 0.25) is 5.95 Å². The van der Waals surface area contributed by atoms with Gasteiger partial charge in [0.05, 0.1) is 23.8 Å². The summed E-state index contributed by atoms with van der Waals surface area (Å²) >= 11 is 0. The number of nitrogens with one attached hydrogen (secondary N) is 2. The Balaban J connectivity index is 1.31. The molecule has 1 fully saturated rings. The van der Waals surface area contributed by atoms with Gasteiger partial charge in [-0.2, -0.15) is 0 Å². The quantitative estimate of drug-likeness (QED) is 0.415. The van der Waals surface area contributed by atoms with E-state index in [1.54, 1.807) is 24.5 Å². The van der Waals surface area contributed by atoms with E-state index >= 15 is 0 Å². The molecule has 1 aliphatic carbocycles. The average molecular weight is 423 g/mol. The van der Waals surface area contributed by atoms with E-state index in [1.807, 2.05) is 0 Å². The summed E-state index contributed by atoms with van der Waals surface area (Å²) in [7, 11) is 0. The number of rotatable bonds is 7. The van der Waals surface area contributed by atoms with Crippen LogP contribution in [-0.4, -0.2) is 56.2 Å². The number of aliphatic hydroxyl groups is 1. The third kappa shape index (κ3) is 5.15. The van der Waals surface area contributed by atoms with Crippen LogP contribution in [0.1, 0.15) is 36.0 Å². The number of nitrogens with zero attached hydrogens (tertiary/aromatic N) is 4. The van der Waals surface area contributed by atoms with Crippen LogP contribution in [0.3, 0.4) is 0 Å². The van der Waals surface area contributed by atoms with E-state index in [9.17, 15) is 4.79 Å². The Bertz CT molecular complexity index is 1040. The molecule has 1 amide bonds. The monoisotopic (exact) mass is 423 g/mol. The van der Waals surface area contributed by atoms with Crippen molar-refractivity contribution in [2.24, 2.45) is 0 Å². The molecule has 1 aromatic carbocycles. The summed E-state index contributed by atoms with van der Waals surface area (Å²) in [5.74, 6) is 0.843. The van der Waals surface area contributed by atoms with Gasteiger partial charge in [0, 0.05) is 49.1 Å². The molecule has 0 spiro atoms. The lowest BCUT2D eigenvalue weighted by molar-refractivity contribution is 0.0944. The summed E-state index contributed by atoms with van der Waals surface area (Å²) in [4.78, 5) is 29.0. The van der Waals surface area contributed by atoms with Gasteiger partial charge < -0.3 is 26.2 Å². The first kappa shape index (κ1) is 20.7. The average Bonchev–Trinajstić information content (AvgIpc) is 2.79. The molecule has 5 N–H and O–H groups in total. The molecule has 0 atom stereocenters. The third-order valence-corrected chi connectivity index (χ3v) is 5.17. The number of anilines is 2. The highest BCUT2D eigenvalue weighted by molar-refractivity contribution is 5.93. The Labute approximate surface area is 179 Å². The smallest absolute Gasteiger partial charge is 0.254 e. The van der Waals surface area contributed by atoms with Gasteiger partial charge in [-0.15, -0.1) is 0 Å². The molecule has 3 aromatic rings. The highest BCUT2D eigenvalue weighted by Gasteiger charge is 2.24. The van der Waals surface area contributed by atoms with Crippen LogP contribution in [0.2, 0.25) is 0 Å². The lowest BCUT2D eigenvalue weighted by Gasteiger charge is -2.29. The summed E-state index contributed by atoms with van der Waals surface area (Å²) in [5, 5.41) is 14.7. The number of hydrogen-bond acceptors (Lipinski definition) is 9. The second kappa shape index (κ2) is 9.52. The van der Waals surface area contributed by atoms with E-state index in [0.29, 0.717) is 28.5 Å². The van der Waals surface area contributed by atoms with Crippen molar-refractivity contribution in [1.29, 1.82) is 0 Å². The first-order valence-corrected chi connectivity index (χ1v) is 10.3. The molecule has 1 saturated carbocycles. The van der Waals surface area contributed by atoms with E-state index in [2.05, 4.69) is 30.6 Å². The van der Waals surface area contributed by atoms with Crippen molar-refractivity contribution in [2.45, 2.75) is 37.8 Å². The largest absolute Gasteiger partial charge is 0.488 e. The number of carbonyl (C=O) groups excluding carboxylic acids is 1. The van der Waals surface area contributed by atoms with Crippen molar-refractivity contribution in [3.05, 3.63) is 42.5 Å². The van der Waals surface area contributed by atoms with Crippen molar-refractivity contribution < 1.29 is 14.6 Å². The highest BCUT2D eigenvalue weighted by Crippen LogP contribution is 2.30. The van der Waals surface area contributed by atoms with E-state index < -0.39 is 0 Å². The van der Waals surface area contributed by atoms with Crippen LogP contribution >= 0.6 is 0 Å². The summed E-state index contributed by atoms with van der Waals surface area (Å²) in [6.45, 7) is 0.0853. The molecular weight excluding hydrogens is 398 g/mol. The molecule has 10 heteroatoms. The number of nitrogens with two attached hydrogens (primary N) is 1. The minimum Gasteiger partial charge on any atom is -0.488 e. The maximum absolute atomic E-state index is 11.8. The van der Waals surface area contributed by atoms with Gasteiger partial charge >= 0.3 is 0 Å². The topological polar surface area (TPSA) is 148 Å². The van der Waals surface area contributed by atoms with Crippen molar-refractivity contribution in [3.63, 3.8) is 0 Å². The van der Waals surface area contributed by atoms with Gasteiger partial charge in [-0.3, -0.25) is 9.78 Å². The molecule has 0 saturated heterocycles. The zero-order valence-electron chi connectivity index (χ0n) is 17.0. The number of nitrogen functional groups attached to an aromatic ring is 1. The van der Waals surface area contributed by atoms with Crippen molar-refractivity contribution in [1.82, 2.24) is 25.3 Å². The molecule has 1 aliphatic rings. The maximum atomic E-state index is 11.8. The molecule has 10 nitrogen and oxygen atoms in total. The molecule has 162 valence electrons. The number of hydrogen-bond donors (Lipinski definition) is 4. The second-order valence-corrected chi connectivity index (χ2v) is 7.45. The van der Waals surface area contributed by atoms with Gasteiger partial charge in [-0.05, 0) is 31.7 Å². The van der Waals surface area contributed by atoms with Crippen LogP contribution in [-0.2, 0) is 0 Å². The number of ether oxygens (including phenoxy) is 1. The summed E-state index contributed by atoms with van der Waals surface area (Å²) in [6.07, 6.45) is 9.85. The van der Waals surface area contributed by atoms with Crippen LogP contribution in [0.15, 0.2) is 36.9 Å². The van der Waals surface area contributed by atoms with E-state index in [1.165, 1.54) is 12.4 Å². The predicted molar refractivity (Wildman–Crippen MR) is 116 cm³/mol. The summed E-state index contributed by atoms with van der Waals surface area (Å²) in [5.41, 5.74) is 8.38. The highest BCUT2D eigenvalue weighted by atomic mass is 16.5. The molecule has 4 rings (SSSR count). The minimum absolute atomic E-state index is 0.0728. The van der Waals surface area contributed by atoms with Gasteiger partial charge in [0.25, 0.3) is 5.91 Å². The van der Waals surface area contributed by atoms with Crippen LogP contribution in [0, 0.1) is 0 Å². The molecule has 31 heavy (non-hydrogen) atoms. The van der Waals surface area contributed by atoms with E-state index in [-0.39, 0.29) is 31.2 Å². The number of aromatic nitrogens is 4. The third-order valence-electron chi connectivity index (χ3n) is 5.17. The van der Waals surface area contributed by atoms with Gasteiger partial charge in [0.1, 0.15) is 11.3 Å². The molecule has 0 bridgehead atoms. The zero-order chi connectivity index (χ0) is 21.6. The lowest BCUT2D eigenvalue weighted by Crippen LogP contribution is -2.32. The number of benzene rings is 1. The fourth-order valence-electron chi connectivity index (χ4n) is 3.63. The minimum atomic E-state index is -0.308. The Kier molecular flexibility index (Phi) is 6.37. The SMILES string of the molecule is Nc1cc(OC2CCC(Nc3ncc(C(=O)NCCO)cn3)CC2)c2nccnc2c1. The predicted octanol–water partition coefficient (Wildman–Crippen LogP) is 1.53. The normalized spacial score (nSPS) is 18.5. The fourth-order valence-corrected chi connectivity index (χ4v) is 3.63. The van der Waals surface area contributed by atoms with Crippen LogP contribution < -0.4 is 21.1 Å². The number of carbonyl (C=O) groups is 1. The van der Waals surface area contributed by atoms with Crippen molar-refractivity contribution >= 4 is 28.6 Å². The van der Waals surface area contributed by atoms with E-state index in [4.69, 9.17) is 15.6 Å². The van der Waals surface area contributed by atoms with Gasteiger partial charge in [-0.1, -0.05) is 0 Å². The summed E-state index contributed by atoms with van der Waals surface area (Å²) in [6, 6.07) is 3.82. The first-order chi connectivity index (χ1) is 15.1.